The summed E-state index contributed by atoms with van der Waals surface area (Å²) in [5.74, 6) is 4.31. The summed E-state index contributed by atoms with van der Waals surface area (Å²) in [5, 5.41) is 0. The van der Waals surface area contributed by atoms with Crippen LogP contribution in [-0.4, -0.2) is 0 Å². The van der Waals surface area contributed by atoms with Crippen LogP contribution in [-0.2, 0) is 0 Å². The standard InChI is InChI=1S/C19H34/c1-3-19(13-7-4-8-14-19)18-15(2)11-12-16-9-5-6-10-17(16)18/h15-18H,3-14H2,1-2H3. The topological polar surface area (TPSA) is 0 Å². The lowest BCUT2D eigenvalue weighted by atomic mass is 9.50. The van der Waals surface area contributed by atoms with E-state index < -0.39 is 0 Å². The van der Waals surface area contributed by atoms with Gasteiger partial charge in [0, 0.05) is 0 Å². The summed E-state index contributed by atoms with van der Waals surface area (Å²) in [7, 11) is 0. The zero-order chi connectivity index (χ0) is 13.3. The minimum Gasteiger partial charge on any atom is -0.0648 e. The molecule has 0 aromatic heterocycles. The highest BCUT2D eigenvalue weighted by molar-refractivity contribution is 4.98. The van der Waals surface area contributed by atoms with Gasteiger partial charge in [-0.15, -0.1) is 0 Å². The van der Waals surface area contributed by atoms with E-state index in [0.29, 0.717) is 0 Å². The summed E-state index contributed by atoms with van der Waals surface area (Å²) in [6.45, 7) is 5.10. The average Bonchev–Trinajstić information content (AvgIpc) is 2.48. The van der Waals surface area contributed by atoms with Crippen LogP contribution < -0.4 is 0 Å². The van der Waals surface area contributed by atoms with E-state index in [2.05, 4.69) is 13.8 Å². The van der Waals surface area contributed by atoms with E-state index in [4.69, 9.17) is 0 Å². The molecule has 0 heteroatoms. The van der Waals surface area contributed by atoms with E-state index in [9.17, 15) is 0 Å². The van der Waals surface area contributed by atoms with E-state index in [1.165, 1.54) is 44.9 Å². The van der Waals surface area contributed by atoms with Crippen LogP contribution in [0.15, 0.2) is 0 Å². The highest BCUT2D eigenvalue weighted by Gasteiger charge is 2.48. The Kier molecular flexibility index (Phi) is 4.25. The molecule has 0 N–H and O–H groups in total. The molecule has 0 heterocycles. The van der Waals surface area contributed by atoms with Crippen LogP contribution in [0.3, 0.4) is 0 Å². The molecule has 4 atom stereocenters. The second-order valence-electron chi connectivity index (χ2n) is 8.07. The van der Waals surface area contributed by atoms with Crippen molar-refractivity contribution in [2.45, 2.75) is 90.9 Å². The van der Waals surface area contributed by atoms with Crippen LogP contribution in [0.2, 0.25) is 0 Å². The van der Waals surface area contributed by atoms with Crippen LogP contribution in [0.5, 0.6) is 0 Å². The zero-order valence-electron chi connectivity index (χ0n) is 13.3. The monoisotopic (exact) mass is 262 g/mol. The Hall–Kier alpha value is 0. The first-order chi connectivity index (χ1) is 9.27. The molecule has 0 spiro atoms. The predicted octanol–water partition coefficient (Wildman–Crippen LogP) is 6.20. The summed E-state index contributed by atoms with van der Waals surface area (Å²) in [6, 6.07) is 0. The largest absolute Gasteiger partial charge is 0.0648 e. The smallest absolute Gasteiger partial charge is 0.0266 e. The summed E-state index contributed by atoms with van der Waals surface area (Å²) in [4.78, 5) is 0. The van der Waals surface area contributed by atoms with Gasteiger partial charge in [-0.1, -0.05) is 65.2 Å². The predicted molar refractivity (Wildman–Crippen MR) is 83.1 cm³/mol. The Morgan fingerprint density at radius 3 is 2.32 bits per heavy atom. The Morgan fingerprint density at radius 2 is 1.58 bits per heavy atom. The summed E-state index contributed by atoms with van der Waals surface area (Å²) in [6.07, 6.45) is 18.4. The van der Waals surface area contributed by atoms with Crippen LogP contribution in [0.1, 0.15) is 90.9 Å². The molecule has 19 heavy (non-hydrogen) atoms. The fraction of sp³-hybridized carbons (Fsp3) is 1.00. The third kappa shape index (κ3) is 2.49. The first kappa shape index (κ1) is 14.0. The SMILES string of the molecule is CCC1(C2C(C)CCC3CCCCC32)CCCCC1. The van der Waals surface area contributed by atoms with Gasteiger partial charge in [-0.05, 0) is 54.8 Å². The molecule has 0 amide bonds. The molecule has 0 bridgehead atoms. The summed E-state index contributed by atoms with van der Waals surface area (Å²) in [5.41, 5.74) is 0.748. The van der Waals surface area contributed by atoms with Crippen molar-refractivity contribution in [2.75, 3.05) is 0 Å². The van der Waals surface area contributed by atoms with Crippen LogP contribution in [0.25, 0.3) is 0 Å². The van der Waals surface area contributed by atoms with Crippen molar-refractivity contribution in [3.8, 4) is 0 Å². The molecule has 3 rings (SSSR count). The number of hydrogen-bond acceptors (Lipinski definition) is 0. The maximum Gasteiger partial charge on any atom is -0.0266 e. The number of rotatable bonds is 2. The average molecular weight is 262 g/mol. The minimum absolute atomic E-state index is 0.748. The van der Waals surface area contributed by atoms with Crippen molar-refractivity contribution in [1.82, 2.24) is 0 Å². The zero-order valence-corrected chi connectivity index (χ0v) is 13.3. The van der Waals surface area contributed by atoms with Gasteiger partial charge in [-0.2, -0.15) is 0 Å². The highest BCUT2D eigenvalue weighted by Crippen LogP contribution is 2.58. The summed E-state index contributed by atoms with van der Waals surface area (Å²) < 4.78 is 0. The van der Waals surface area contributed by atoms with Gasteiger partial charge in [-0.25, -0.2) is 0 Å². The van der Waals surface area contributed by atoms with Crippen LogP contribution in [0.4, 0.5) is 0 Å². The van der Waals surface area contributed by atoms with Gasteiger partial charge in [0.15, 0.2) is 0 Å². The van der Waals surface area contributed by atoms with Gasteiger partial charge in [-0.3, -0.25) is 0 Å². The van der Waals surface area contributed by atoms with Crippen molar-refractivity contribution in [3.63, 3.8) is 0 Å². The Bertz CT molecular complexity index is 286. The Labute approximate surface area is 120 Å². The lowest BCUT2D eigenvalue weighted by Gasteiger charge is -2.55. The van der Waals surface area contributed by atoms with Crippen molar-refractivity contribution in [2.24, 2.45) is 29.1 Å². The van der Waals surface area contributed by atoms with Gasteiger partial charge in [0.05, 0.1) is 0 Å². The molecule has 110 valence electrons. The number of fused-ring (bicyclic) bond motifs is 1. The molecule has 0 nitrogen and oxygen atoms in total. The second kappa shape index (κ2) is 5.78. The first-order valence-corrected chi connectivity index (χ1v) is 9.27. The molecule has 0 saturated heterocycles. The molecule has 3 saturated carbocycles. The van der Waals surface area contributed by atoms with Gasteiger partial charge >= 0.3 is 0 Å². The van der Waals surface area contributed by atoms with Gasteiger partial charge in [0.1, 0.15) is 0 Å². The molecular formula is C19H34. The fourth-order valence-corrected chi connectivity index (χ4v) is 6.38. The Morgan fingerprint density at radius 1 is 0.842 bits per heavy atom. The lowest BCUT2D eigenvalue weighted by Crippen LogP contribution is -2.46. The molecule has 0 radical (unpaired) electrons. The van der Waals surface area contributed by atoms with Crippen molar-refractivity contribution >= 4 is 0 Å². The third-order valence-corrected chi connectivity index (χ3v) is 7.30. The maximum absolute atomic E-state index is 2.60. The van der Waals surface area contributed by atoms with Gasteiger partial charge in [0.2, 0.25) is 0 Å². The molecule has 3 aliphatic rings. The quantitative estimate of drug-likeness (QED) is 0.556. The van der Waals surface area contributed by atoms with Crippen molar-refractivity contribution in [1.29, 1.82) is 0 Å². The minimum atomic E-state index is 0.748. The van der Waals surface area contributed by atoms with E-state index >= 15 is 0 Å². The van der Waals surface area contributed by atoms with Crippen molar-refractivity contribution in [3.05, 3.63) is 0 Å². The second-order valence-corrected chi connectivity index (χ2v) is 8.07. The van der Waals surface area contributed by atoms with E-state index in [1.807, 2.05) is 0 Å². The van der Waals surface area contributed by atoms with Crippen LogP contribution in [0, 0.1) is 29.1 Å². The highest BCUT2D eigenvalue weighted by atomic mass is 14.5. The number of hydrogen-bond donors (Lipinski definition) is 0. The third-order valence-electron chi connectivity index (χ3n) is 7.30. The van der Waals surface area contributed by atoms with Gasteiger partial charge in [0.25, 0.3) is 0 Å². The molecule has 3 fully saturated rings. The lowest BCUT2D eigenvalue weighted by molar-refractivity contribution is -0.0533. The molecular weight excluding hydrogens is 228 g/mol. The van der Waals surface area contributed by atoms with Gasteiger partial charge < -0.3 is 0 Å². The molecule has 0 aliphatic heterocycles. The molecule has 0 aromatic rings. The summed E-state index contributed by atoms with van der Waals surface area (Å²) >= 11 is 0. The normalized spacial score (nSPS) is 42.6. The molecule has 0 aromatic carbocycles. The van der Waals surface area contributed by atoms with E-state index in [-0.39, 0.29) is 0 Å². The van der Waals surface area contributed by atoms with E-state index in [0.717, 1.165) is 29.1 Å². The van der Waals surface area contributed by atoms with E-state index in [1.54, 1.807) is 32.1 Å². The van der Waals surface area contributed by atoms with Crippen LogP contribution >= 0.6 is 0 Å². The molecule has 4 unspecified atom stereocenters. The maximum atomic E-state index is 2.60. The first-order valence-electron chi connectivity index (χ1n) is 9.27. The van der Waals surface area contributed by atoms with Crippen molar-refractivity contribution < 1.29 is 0 Å². The fourth-order valence-electron chi connectivity index (χ4n) is 6.38. The molecule has 3 aliphatic carbocycles. The Balaban J connectivity index is 1.85.